The van der Waals surface area contributed by atoms with E-state index in [0.29, 0.717) is 6.54 Å². The molecule has 1 heterocycles. The molecule has 0 saturated carbocycles. The SMILES string of the molecule is CNC(=O)CN(C)C(=O)C1CNCc2ccccc21. The molecule has 5 heteroatoms. The van der Waals surface area contributed by atoms with Crippen LogP contribution in [0.5, 0.6) is 0 Å². The maximum absolute atomic E-state index is 12.4. The van der Waals surface area contributed by atoms with Crippen LogP contribution in [-0.4, -0.2) is 43.9 Å². The third-order valence-corrected chi connectivity index (χ3v) is 3.43. The van der Waals surface area contributed by atoms with E-state index in [1.165, 1.54) is 4.90 Å². The molecule has 5 nitrogen and oxygen atoms in total. The maximum atomic E-state index is 12.4. The van der Waals surface area contributed by atoms with Gasteiger partial charge in [-0.3, -0.25) is 9.59 Å². The first kappa shape index (κ1) is 13.5. The van der Waals surface area contributed by atoms with E-state index < -0.39 is 0 Å². The number of amides is 2. The quantitative estimate of drug-likeness (QED) is 0.810. The lowest BCUT2D eigenvalue weighted by molar-refractivity contribution is -0.135. The highest BCUT2D eigenvalue weighted by atomic mass is 16.2. The lowest BCUT2D eigenvalue weighted by Gasteiger charge is -2.28. The molecule has 1 aliphatic rings. The monoisotopic (exact) mass is 261 g/mol. The number of likely N-dealkylation sites (N-methyl/N-ethyl adjacent to an activating group) is 2. The predicted molar refractivity (Wildman–Crippen MR) is 72.6 cm³/mol. The Morgan fingerprint density at radius 1 is 1.42 bits per heavy atom. The van der Waals surface area contributed by atoms with E-state index >= 15 is 0 Å². The van der Waals surface area contributed by atoms with Gasteiger partial charge in [-0.1, -0.05) is 24.3 Å². The van der Waals surface area contributed by atoms with Crippen LogP contribution in [0.1, 0.15) is 17.0 Å². The summed E-state index contributed by atoms with van der Waals surface area (Å²) in [5.74, 6) is -0.393. The summed E-state index contributed by atoms with van der Waals surface area (Å²) in [6.07, 6.45) is 0. The van der Waals surface area contributed by atoms with Gasteiger partial charge in [-0.05, 0) is 11.1 Å². The predicted octanol–water partition coefficient (Wildman–Crippen LogP) is 0.0778. The molecular formula is C14H19N3O2. The van der Waals surface area contributed by atoms with Crippen molar-refractivity contribution in [3.8, 4) is 0 Å². The van der Waals surface area contributed by atoms with Crippen molar-refractivity contribution in [2.24, 2.45) is 0 Å². The lowest BCUT2D eigenvalue weighted by atomic mass is 9.90. The zero-order valence-corrected chi connectivity index (χ0v) is 11.3. The zero-order valence-electron chi connectivity index (χ0n) is 11.3. The number of rotatable bonds is 3. The van der Waals surface area contributed by atoms with Crippen LogP contribution in [0, 0.1) is 0 Å². The van der Waals surface area contributed by atoms with Gasteiger partial charge < -0.3 is 15.5 Å². The highest BCUT2D eigenvalue weighted by Gasteiger charge is 2.28. The topological polar surface area (TPSA) is 61.4 Å². The van der Waals surface area contributed by atoms with Crippen LogP contribution in [0.2, 0.25) is 0 Å². The third kappa shape index (κ3) is 2.93. The summed E-state index contributed by atoms with van der Waals surface area (Å²) < 4.78 is 0. The summed E-state index contributed by atoms with van der Waals surface area (Å²) in [5, 5.41) is 5.77. The minimum atomic E-state index is -0.209. The second-order valence-electron chi connectivity index (χ2n) is 4.75. The van der Waals surface area contributed by atoms with Crippen molar-refractivity contribution in [3.05, 3.63) is 35.4 Å². The minimum Gasteiger partial charge on any atom is -0.358 e. The summed E-state index contributed by atoms with van der Waals surface area (Å²) in [6, 6.07) is 7.94. The Labute approximate surface area is 113 Å². The van der Waals surface area contributed by atoms with Crippen LogP contribution >= 0.6 is 0 Å². The Kier molecular flexibility index (Phi) is 4.16. The van der Waals surface area contributed by atoms with Crippen LogP contribution in [0.15, 0.2) is 24.3 Å². The van der Waals surface area contributed by atoms with Gasteiger partial charge in [0.2, 0.25) is 11.8 Å². The smallest absolute Gasteiger partial charge is 0.239 e. The minimum absolute atomic E-state index is 0.0248. The van der Waals surface area contributed by atoms with E-state index in [0.717, 1.165) is 17.7 Å². The van der Waals surface area contributed by atoms with E-state index in [9.17, 15) is 9.59 Å². The normalized spacial score (nSPS) is 17.5. The molecule has 1 unspecified atom stereocenters. The number of nitrogens with zero attached hydrogens (tertiary/aromatic N) is 1. The van der Waals surface area contributed by atoms with E-state index in [4.69, 9.17) is 0 Å². The number of hydrogen-bond donors (Lipinski definition) is 2. The molecule has 0 bridgehead atoms. The van der Waals surface area contributed by atoms with Gasteiger partial charge in [-0.15, -0.1) is 0 Å². The second-order valence-corrected chi connectivity index (χ2v) is 4.75. The highest BCUT2D eigenvalue weighted by Crippen LogP contribution is 2.25. The van der Waals surface area contributed by atoms with Crippen molar-refractivity contribution in [1.82, 2.24) is 15.5 Å². The second kappa shape index (κ2) is 5.84. The first-order valence-electron chi connectivity index (χ1n) is 6.37. The van der Waals surface area contributed by atoms with Crippen molar-refractivity contribution in [3.63, 3.8) is 0 Å². The molecule has 0 fully saturated rings. The molecule has 1 aliphatic heterocycles. The van der Waals surface area contributed by atoms with Gasteiger partial charge in [0.1, 0.15) is 0 Å². The molecule has 1 aromatic carbocycles. The van der Waals surface area contributed by atoms with Gasteiger partial charge >= 0.3 is 0 Å². The molecule has 0 aliphatic carbocycles. The molecule has 0 radical (unpaired) electrons. The summed E-state index contributed by atoms with van der Waals surface area (Å²) in [5.41, 5.74) is 2.22. The molecule has 2 rings (SSSR count). The Balaban J connectivity index is 2.14. The van der Waals surface area contributed by atoms with E-state index in [-0.39, 0.29) is 24.3 Å². The number of nitrogens with one attached hydrogen (secondary N) is 2. The van der Waals surface area contributed by atoms with Gasteiger partial charge in [0.15, 0.2) is 0 Å². The summed E-state index contributed by atoms with van der Waals surface area (Å²) in [4.78, 5) is 25.2. The average Bonchev–Trinajstić information content (AvgIpc) is 2.45. The molecule has 1 atom stereocenters. The fraction of sp³-hybridized carbons (Fsp3) is 0.429. The molecular weight excluding hydrogens is 242 g/mol. The Bertz CT molecular complexity index is 487. The van der Waals surface area contributed by atoms with Gasteiger partial charge in [0.05, 0.1) is 12.5 Å². The van der Waals surface area contributed by atoms with Crippen LogP contribution in [0.4, 0.5) is 0 Å². The largest absolute Gasteiger partial charge is 0.358 e. The summed E-state index contributed by atoms with van der Waals surface area (Å²) >= 11 is 0. The van der Waals surface area contributed by atoms with Gasteiger partial charge in [0, 0.05) is 27.2 Å². The van der Waals surface area contributed by atoms with E-state index in [1.807, 2.05) is 24.3 Å². The number of carbonyl (C=O) groups is 2. The van der Waals surface area contributed by atoms with Crippen LogP contribution in [0.25, 0.3) is 0 Å². The zero-order chi connectivity index (χ0) is 13.8. The summed E-state index contributed by atoms with van der Waals surface area (Å²) in [7, 11) is 3.23. The molecule has 2 N–H and O–H groups in total. The Hall–Kier alpha value is -1.88. The van der Waals surface area contributed by atoms with Gasteiger partial charge in [0.25, 0.3) is 0 Å². The van der Waals surface area contributed by atoms with Gasteiger partial charge in [-0.2, -0.15) is 0 Å². The highest BCUT2D eigenvalue weighted by molar-refractivity contribution is 5.88. The van der Waals surface area contributed by atoms with Crippen molar-refractivity contribution < 1.29 is 9.59 Å². The van der Waals surface area contributed by atoms with Crippen LogP contribution < -0.4 is 10.6 Å². The molecule has 102 valence electrons. The Morgan fingerprint density at radius 2 is 2.16 bits per heavy atom. The first-order valence-corrected chi connectivity index (χ1v) is 6.37. The number of benzene rings is 1. The molecule has 0 aromatic heterocycles. The van der Waals surface area contributed by atoms with E-state index in [1.54, 1.807) is 14.1 Å². The van der Waals surface area contributed by atoms with Crippen molar-refractivity contribution in [2.45, 2.75) is 12.5 Å². The van der Waals surface area contributed by atoms with Crippen molar-refractivity contribution in [1.29, 1.82) is 0 Å². The molecule has 0 saturated heterocycles. The van der Waals surface area contributed by atoms with Gasteiger partial charge in [-0.25, -0.2) is 0 Å². The first-order chi connectivity index (χ1) is 9.13. The average molecular weight is 261 g/mol. The fourth-order valence-electron chi connectivity index (χ4n) is 2.36. The summed E-state index contributed by atoms with van der Waals surface area (Å²) in [6.45, 7) is 1.50. The van der Waals surface area contributed by atoms with Crippen molar-refractivity contribution in [2.75, 3.05) is 27.2 Å². The third-order valence-electron chi connectivity index (χ3n) is 3.43. The number of hydrogen-bond acceptors (Lipinski definition) is 3. The molecule has 19 heavy (non-hydrogen) atoms. The number of carbonyl (C=O) groups excluding carboxylic acids is 2. The van der Waals surface area contributed by atoms with Crippen LogP contribution in [0.3, 0.4) is 0 Å². The van der Waals surface area contributed by atoms with E-state index in [2.05, 4.69) is 10.6 Å². The molecule has 0 spiro atoms. The Morgan fingerprint density at radius 3 is 2.89 bits per heavy atom. The molecule has 2 amide bonds. The molecule has 1 aromatic rings. The fourth-order valence-corrected chi connectivity index (χ4v) is 2.36. The maximum Gasteiger partial charge on any atom is 0.239 e. The van der Waals surface area contributed by atoms with Crippen LogP contribution in [-0.2, 0) is 16.1 Å². The number of fused-ring (bicyclic) bond motifs is 1. The lowest BCUT2D eigenvalue weighted by Crippen LogP contribution is -2.43. The standard InChI is InChI=1S/C14H19N3O2/c1-15-13(18)9-17(2)14(19)12-8-16-7-10-5-3-4-6-11(10)12/h3-6,12,16H,7-9H2,1-2H3,(H,15,18). The van der Waals surface area contributed by atoms with Crippen molar-refractivity contribution >= 4 is 11.8 Å².